The molecule has 0 saturated carbocycles. The highest BCUT2D eigenvalue weighted by atomic mass is 32.2. The summed E-state index contributed by atoms with van der Waals surface area (Å²) < 4.78 is 35.1. The molecule has 1 amide bonds. The summed E-state index contributed by atoms with van der Waals surface area (Å²) in [5.41, 5.74) is 2.52. The molecule has 0 bridgehead atoms. The summed E-state index contributed by atoms with van der Waals surface area (Å²) in [6.45, 7) is 1.87. The first kappa shape index (κ1) is 23.1. The Morgan fingerprint density at radius 2 is 1.76 bits per heavy atom. The summed E-state index contributed by atoms with van der Waals surface area (Å²) in [4.78, 5) is 16.9. The van der Waals surface area contributed by atoms with Crippen molar-refractivity contribution in [2.75, 3.05) is 11.8 Å². The SMILES string of the molecule is COc1ccc(NS(=O)(=O)c2cccc(C(=O)N[C@H](C)c3ccc(-n4ccnc4)cc3)c2)cc1. The van der Waals surface area contributed by atoms with Crippen LogP contribution in [0.2, 0.25) is 0 Å². The molecule has 0 aliphatic heterocycles. The first-order chi connectivity index (χ1) is 16.4. The molecule has 1 heterocycles. The van der Waals surface area contributed by atoms with Crippen LogP contribution in [0, 0.1) is 0 Å². The third-order valence-electron chi connectivity index (χ3n) is 5.29. The molecule has 174 valence electrons. The van der Waals surface area contributed by atoms with Crippen molar-refractivity contribution < 1.29 is 17.9 Å². The van der Waals surface area contributed by atoms with E-state index in [1.807, 2.05) is 42.0 Å². The van der Waals surface area contributed by atoms with E-state index < -0.39 is 10.0 Å². The Labute approximate surface area is 198 Å². The Balaban J connectivity index is 1.45. The lowest BCUT2D eigenvalue weighted by Crippen LogP contribution is -2.27. The van der Waals surface area contributed by atoms with E-state index in [4.69, 9.17) is 4.74 Å². The number of nitrogens with zero attached hydrogens (tertiary/aromatic N) is 2. The number of sulfonamides is 1. The van der Waals surface area contributed by atoms with Crippen molar-refractivity contribution >= 4 is 21.6 Å². The van der Waals surface area contributed by atoms with Gasteiger partial charge in [0.05, 0.1) is 24.4 Å². The maximum Gasteiger partial charge on any atom is 0.261 e. The normalized spacial score (nSPS) is 12.1. The van der Waals surface area contributed by atoms with Gasteiger partial charge in [-0.05, 0) is 67.1 Å². The maximum atomic E-state index is 12.8. The average molecular weight is 477 g/mol. The minimum atomic E-state index is -3.87. The summed E-state index contributed by atoms with van der Waals surface area (Å²) in [5.74, 6) is 0.250. The molecule has 3 aromatic carbocycles. The molecule has 0 saturated heterocycles. The summed E-state index contributed by atoms with van der Waals surface area (Å²) in [5, 5.41) is 2.92. The number of hydrogen-bond donors (Lipinski definition) is 2. The average Bonchev–Trinajstić information content (AvgIpc) is 3.39. The van der Waals surface area contributed by atoms with E-state index in [1.54, 1.807) is 48.9 Å². The fraction of sp³-hybridized carbons (Fsp3) is 0.120. The highest BCUT2D eigenvalue weighted by molar-refractivity contribution is 7.92. The van der Waals surface area contributed by atoms with Crippen LogP contribution < -0.4 is 14.8 Å². The van der Waals surface area contributed by atoms with Gasteiger partial charge in [-0.2, -0.15) is 0 Å². The molecule has 0 aliphatic rings. The van der Waals surface area contributed by atoms with Crippen LogP contribution in [0.4, 0.5) is 5.69 Å². The Hall–Kier alpha value is -4.11. The second kappa shape index (κ2) is 9.80. The van der Waals surface area contributed by atoms with E-state index in [2.05, 4.69) is 15.0 Å². The fourth-order valence-electron chi connectivity index (χ4n) is 3.39. The van der Waals surface area contributed by atoms with Crippen LogP contribution in [0.15, 0.2) is 96.4 Å². The Morgan fingerprint density at radius 1 is 1.03 bits per heavy atom. The molecule has 0 aliphatic carbocycles. The van der Waals surface area contributed by atoms with Gasteiger partial charge in [0.2, 0.25) is 0 Å². The molecule has 8 nitrogen and oxygen atoms in total. The van der Waals surface area contributed by atoms with Crippen LogP contribution in [0.3, 0.4) is 0 Å². The van der Waals surface area contributed by atoms with E-state index in [1.165, 1.54) is 19.2 Å². The highest BCUT2D eigenvalue weighted by Crippen LogP contribution is 2.21. The van der Waals surface area contributed by atoms with E-state index >= 15 is 0 Å². The zero-order valence-electron chi connectivity index (χ0n) is 18.7. The van der Waals surface area contributed by atoms with E-state index in [0.717, 1.165) is 11.3 Å². The number of benzene rings is 3. The van der Waals surface area contributed by atoms with Crippen molar-refractivity contribution in [3.05, 3.63) is 103 Å². The van der Waals surface area contributed by atoms with Crippen molar-refractivity contribution in [3.8, 4) is 11.4 Å². The molecule has 0 unspecified atom stereocenters. The summed E-state index contributed by atoms with van der Waals surface area (Å²) in [7, 11) is -2.34. The molecule has 34 heavy (non-hydrogen) atoms. The van der Waals surface area contributed by atoms with Crippen molar-refractivity contribution in [2.24, 2.45) is 0 Å². The second-order valence-electron chi connectivity index (χ2n) is 7.62. The van der Waals surface area contributed by atoms with E-state index in [-0.39, 0.29) is 22.4 Å². The van der Waals surface area contributed by atoms with Gasteiger partial charge in [-0.25, -0.2) is 13.4 Å². The zero-order chi connectivity index (χ0) is 24.1. The highest BCUT2D eigenvalue weighted by Gasteiger charge is 2.18. The van der Waals surface area contributed by atoms with Crippen LogP contribution in [-0.4, -0.2) is 31.0 Å². The Morgan fingerprint density at radius 3 is 2.41 bits per heavy atom. The van der Waals surface area contributed by atoms with Gasteiger partial charge < -0.3 is 14.6 Å². The topological polar surface area (TPSA) is 102 Å². The minimum Gasteiger partial charge on any atom is -0.497 e. The summed E-state index contributed by atoms with van der Waals surface area (Å²) in [6, 6.07) is 19.9. The standard InChI is InChI=1S/C25H24N4O4S/c1-18(19-6-10-22(11-7-19)29-15-14-26-17-29)27-25(30)20-4-3-5-24(16-20)34(31,32)28-21-8-12-23(33-2)13-9-21/h3-18,28H,1-2H3,(H,27,30)/t18-/m1/s1. The number of hydrogen-bond acceptors (Lipinski definition) is 5. The van der Waals surface area contributed by atoms with Crippen molar-refractivity contribution in [2.45, 2.75) is 17.9 Å². The van der Waals surface area contributed by atoms with E-state index in [9.17, 15) is 13.2 Å². The first-order valence-electron chi connectivity index (χ1n) is 10.5. The number of aromatic nitrogens is 2. The largest absolute Gasteiger partial charge is 0.497 e. The molecular weight excluding hydrogens is 452 g/mol. The van der Waals surface area contributed by atoms with Gasteiger partial charge >= 0.3 is 0 Å². The number of amides is 1. The number of carbonyl (C=O) groups is 1. The van der Waals surface area contributed by atoms with Gasteiger partial charge in [-0.15, -0.1) is 0 Å². The number of imidazole rings is 1. The van der Waals surface area contributed by atoms with Gasteiger partial charge in [0.15, 0.2) is 0 Å². The van der Waals surface area contributed by atoms with Crippen LogP contribution in [0.5, 0.6) is 5.75 Å². The van der Waals surface area contributed by atoms with Crippen molar-refractivity contribution in [1.29, 1.82) is 0 Å². The second-order valence-corrected chi connectivity index (χ2v) is 9.30. The zero-order valence-corrected chi connectivity index (χ0v) is 19.5. The molecule has 1 aromatic heterocycles. The smallest absolute Gasteiger partial charge is 0.261 e. The molecule has 9 heteroatoms. The third-order valence-corrected chi connectivity index (χ3v) is 6.67. The van der Waals surface area contributed by atoms with Gasteiger partial charge in [-0.1, -0.05) is 18.2 Å². The number of rotatable bonds is 8. The number of anilines is 1. The van der Waals surface area contributed by atoms with Crippen LogP contribution in [0.25, 0.3) is 5.69 Å². The minimum absolute atomic E-state index is 0.00620. The quantitative estimate of drug-likeness (QED) is 0.397. The summed E-state index contributed by atoms with van der Waals surface area (Å²) in [6.07, 6.45) is 5.27. The maximum absolute atomic E-state index is 12.8. The number of methoxy groups -OCH3 is 1. The van der Waals surface area contributed by atoms with Crippen LogP contribution in [-0.2, 0) is 10.0 Å². The lowest BCUT2D eigenvalue weighted by Gasteiger charge is -2.16. The molecular formula is C25H24N4O4S. The molecule has 4 aromatic rings. The number of nitrogens with one attached hydrogen (secondary N) is 2. The molecule has 0 spiro atoms. The van der Waals surface area contributed by atoms with Gasteiger partial charge in [0, 0.05) is 29.3 Å². The lowest BCUT2D eigenvalue weighted by molar-refractivity contribution is 0.0939. The molecule has 0 radical (unpaired) electrons. The number of carbonyl (C=O) groups excluding carboxylic acids is 1. The Kier molecular flexibility index (Phi) is 6.65. The lowest BCUT2D eigenvalue weighted by atomic mass is 10.1. The van der Waals surface area contributed by atoms with Crippen LogP contribution >= 0.6 is 0 Å². The molecule has 1 atom stereocenters. The fourth-order valence-corrected chi connectivity index (χ4v) is 4.49. The number of ether oxygens (including phenoxy) is 1. The third kappa shape index (κ3) is 5.26. The van der Waals surface area contributed by atoms with Gasteiger partial charge in [0.1, 0.15) is 5.75 Å². The van der Waals surface area contributed by atoms with Crippen molar-refractivity contribution in [3.63, 3.8) is 0 Å². The molecule has 0 fully saturated rings. The van der Waals surface area contributed by atoms with E-state index in [0.29, 0.717) is 11.4 Å². The molecule has 4 rings (SSSR count). The Bertz CT molecular complexity index is 1370. The monoisotopic (exact) mass is 476 g/mol. The predicted molar refractivity (Wildman–Crippen MR) is 130 cm³/mol. The van der Waals surface area contributed by atoms with Crippen LogP contribution in [0.1, 0.15) is 28.9 Å². The summed E-state index contributed by atoms with van der Waals surface area (Å²) >= 11 is 0. The van der Waals surface area contributed by atoms with Gasteiger partial charge in [0.25, 0.3) is 15.9 Å². The predicted octanol–water partition coefficient (Wildman–Crippen LogP) is 4.17. The first-order valence-corrected chi connectivity index (χ1v) is 12.0. The molecule has 2 N–H and O–H groups in total. The van der Waals surface area contributed by atoms with Gasteiger partial charge in [-0.3, -0.25) is 9.52 Å². The van der Waals surface area contributed by atoms with Crippen molar-refractivity contribution in [1.82, 2.24) is 14.9 Å².